The molecule has 3 unspecified atom stereocenters. The van der Waals surface area contributed by atoms with Crippen molar-refractivity contribution < 1.29 is 9.84 Å². The molecule has 0 fully saturated rings. The van der Waals surface area contributed by atoms with Gasteiger partial charge in [0.1, 0.15) is 0 Å². The molecule has 0 rings (SSSR count). The van der Waals surface area contributed by atoms with Crippen LogP contribution in [0.4, 0.5) is 0 Å². The summed E-state index contributed by atoms with van der Waals surface area (Å²) in [5, 5.41) is 8.97. The number of ether oxygens (including phenoxy) is 1. The van der Waals surface area contributed by atoms with Crippen molar-refractivity contribution in [1.82, 2.24) is 0 Å². The van der Waals surface area contributed by atoms with E-state index >= 15 is 0 Å². The molecule has 0 amide bonds. The topological polar surface area (TPSA) is 29.5 Å². The summed E-state index contributed by atoms with van der Waals surface area (Å²) in [5.41, 5.74) is 0. The third-order valence-corrected chi connectivity index (χ3v) is 2.43. The van der Waals surface area contributed by atoms with Gasteiger partial charge in [-0.2, -0.15) is 0 Å². The van der Waals surface area contributed by atoms with Gasteiger partial charge in [-0.15, -0.1) is 0 Å². The summed E-state index contributed by atoms with van der Waals surface area (Å²) in [6.07, 6.45) is 2.55. The molecule has 0 radical (unpaired) electrons. The molecule has 0 aliphatic carbocycles. The molecule has 2 nitrogen and oxygen atoms in total. The van der Waals surface area contributed by atoms with Crippen LogP contribution in [0.3, 0.4) is 0 Å². The van der Waals surface area contributed by atoms with Crippen LogP contribution in [0.2, 0.25) is 0 Å². The zero-order chi connectivity index (χ0) is 9.56. The summed E-state index contributed by atoms with van der Waals surface area (Å²) < 4.78 is 5.36. The quantitative estimate of drug-likeness (QED) is 0.668. The van der Waals surface area contributed by atoms with Crippen molar-refractivity contribution in [2.45, 2.75) is 39.7 Å². The fraction of sp³-hybridized carbons (Fsp3) is 1.00. The Morgan fingerprint density at radius 2 is 1.83 bits per heavy atom. The minimum atomic E-state index is 0.204. The second-order valence-corrected chi connectivity index (χ2v) is 3.63. The summed E-state index contributed by atoms with van der Waals surface area (Å²) in [7, 11) is 1.73. The van der Waals surface area contributed by atoms with Crippen LogP contribution in [-0.2, 0) is 4.74 Å². The molecule has 0 bridgehead atoms. The third-order valence-electron chi connectivity index (χ3n) is 2.43. The number of methoxy groups -OCH3 is 1. The summed E-state index contributed by atoms with van der Waals surface area (Å²) in [6.45, 7) is 6.60. The fourth-order valence-corrected chi connectivity index (χ4v) is 1.75. The maximum Gasteiger partial charge on any atom is 0.0644 e. The first-order chi connectivity index (χ1) is 5.67. The van der Waals surface area contributed by atoms with Gasteiger partial charge in [-0.25, -0.2) is 0 Å². The SMILES string of the molecule is CCCC(C)C(OC)C(C)CO. The highest BCUT2D eigenvalue weighted by molar-refractivity contribution is 4.71. The van der Waals surface area contributed by atoms with E-state index in [1.165, 1.54) is 12.8 Å². The van der Waals surface area contributed by atoms with Gasteiger partial charge in [-0.05, 0) is 12.3 Å². The number of hydrogen-bond acceptors (Lipinski definition) is 2. The minimum absolute atomic E-state index is 0.204. The lowest BCUT2D eigenvalue weighted by atomic mass is 9.90. The van der Waals surface area contributed by atoms with Gasteiger partial charge in [0.15, 0.2) is 0 Å². The van der Waals surface area contributed by atoms with E-state index in [1.807, 2.05) is 6.92 Å². The van der Waals surface area contributed by atoms with Crippen LogP contribution < -0.4 is 0 Å². The normalized spacial score (nSPS) is 18.8. The Balaban J connectivity index is 3.94. The second kappa shape index (κ2) is 6.44. The number of rotatable bonds is 6. The summed E-state index contributed by atoms with van der Waals surface area (Å²) >= 11 is 0. The molecule has 74 valence electrons. The van der Waals surface area contributed by atoms with Crippen LogP contribution in [0.1, 0.15) is 33.6 Å². The number of hydrogen-bond donors (Lipinski definition) is 1. The maximum atomic E-state index is 8.97. The van der Waals surface area contributed by atoms with E-state index in [2.05, 4.69) is 13.8 Å². The van der Waals surface area contributed by atoms with Crippen LogP contribution in [0.15, 0.2) is 0 Å². The van der Waals surface area contributed by atoms with Gasteiger partial charge in [0.2, 0.25) is 0 Å². The van der Waals surface area contributed by atoms with Crippen molar-refractivity contribution in [1.29, 1.82) is 0 Å². The summed E-state index contributed by atoms with van der Waals surface area (Å²) in [6, 6.07) is 0. The standard InChI is InChI=1S/C10H22O2/c1-5-6-8(2)10(12-4)9(3)7-11/h8-11H,5-7H2,1-4H3. The smallest absolute Gasteiger partial charge is 0.0644 e. The Labute approximate surface area is 75.9 Å². The van der Waals surface area contributed by atoms with Crippen LogP contribution in [0, 0.1) is 11.8 Å². The first-order valence-electron chi connectivity index (χ1n) is 4.81. The van der Waals surface area contributed by atoms with E-state index in [4.69, 9.17) is 9.84 Å². The van der Waals surface area contributed by atoms with Crippen molar-refractivity contribution in [3.8, 4) is 0 Å². The molecule has 2 heteroatoms. The lowest BCUT2D eigenvalue weighted by molar-refractivity contribution is -0.00441. The van der Waals surface area contributed by atoms with Gasteiger partial charge in [-0.1, -0.05) is 27.2 Å². The highest BCUT2D eigenvalue weighted by Crippen LogP contribution is 2.19. The van der Waals surface area contributed by atoms with Gasteiger partial charge in [0.25, 0.3) is 0 Å². The van der Waals surface area contributed by atoms with Crippen molar-refractivity contribution in [3.05, 3.63) is 0 Å². The Hall–Kier alpha value is -0.0800. The predicted octanol–water partition coefficient (Wildman–Crippen LogP) is 2.07. The van der Waals surface area contributed by atoms with E-state index in [0.29, 0.717) is 5.92 Å². The molecule has 0 saturated carbocycles. The first-order valence-corrected chi connectivity index (χ1v) is 4.81. The van der Waals surface area contributed by atoms with E-state index in [9.17, 15) is 0 Å². The van der Waals surface area contributed by atoms with Crippen molar-refractivity contribution in [3.63, 3.8) is 0 Å². The van der Waals surface area contributed by atoms with Crippen molar-refractivity contribution >= 4 is 0 Å². The van der Waals surface area contributed by atoms with Crippen LogP contribution in [-0.4, -0.2) is 24.9 Å². The molecule has 0 aliphatic heterocycles. The average molecular weight is 174 g/mol. The van der Waals surface area contributed by atoms with Crippen molar-refractivity contribution in [2.75, 3.05) is 13.7 Å². The Kier molecular flexibility index (Phi) is 6.39. The molecule has 0 aromatic heterocycles. The van der Waals surface area contributed by atoms with Gasteiger partial charge in [-0.3, -0.25) is 0 Å². The first kappa shape index (κ1) is 11.9. The highest BCUT2D eigenvalue weighted by atomic mass is 16.5. The molecule has 0 heterocycles. The molecule has 12 heavy (non-hydrogen) atoms. The Morgan fingerprint density at radius 1 is 1.25 bits per heavy atom. The van der Waals surface area contributed by atoms with Gasteiger partial charge in [0.05, 0.1) is 6.10 Å². The highest BCUT2D eigenvalue weighted by Gasteiger charge is 2.21. The molecule has 0 aliphatic rings. The molecular weight excluding hydrogens is 152 g/mol. The van der Waals surface area contributed by atoms with Gasteiger partial charge >= 0.3 is 0 Å². The predicted molar refractivity (Wildman–Crippen MR) is 51.1 cm³/mol. The van der Waals surface area contributed by atoms with E-state index in [1.54, 1.807) is 7.11 Å². The van der Waals surface area contributed by atoms with Crippen molar-refractivity contribution in [2.24, 2.45) is 11.8 Å². The fourth-order valence-electron chi connectivity index (χ4n) is 1.75. The van der Waals surface area contributed by atoms with Crippen LogP contribution in [0.25, 0.3) is 0 Å². The largest absolute Gasteiger partial charge is 0.396 e. The minimum Gasteiger partial charge on any atom is -0.396 e. The van der Waals surface area contributed by atoms with E-state index < -0.39 is 0 Å². The maximum absolute atomic E-state index is 8.97. The number of aliphatic hydroxyl groups is 1. The number of aliphatic hydroxyl groups excluding tert-OH is 1. The average Bonchev–Trinajstić information content (AvgIpc) is 2.06. The molecule has 0 aromatic rings. The van der Waals surface area contributed by atoms with Gasteiger partial charge in [0, 0.05) is 19.6 Å². The van der Waals surface area contributed by atoms with Crippen LogP contribution in [0.5, 0.6) is 0 Å². The molecular formula is C10H22O2. The van der Waals surface area contributed by atoms with E-state index in [0.717, 1.165) is 0 Å². The zero-order valence-electron chi connectivity index (χ0n) is 8.71. The van der Waals surface area contributed by atoms with Crippen LogP contribution >= 0.6 is 0 Å². The molecule has 1 N–H and O–H groups in total. The lowest BCUT2D eigenvalue weighted by Gasteiger charge is -2.26. The molecule has 3 atom stereocenters. The molecule has 0 spiro atoms. The summed E-state index contributed by atoms with van der Waals surface area (Å²) in [4.78, 5) is 0. The molecule has 0 saturated heterocycles. The Bertz CT molecular complexity index is 104. The van der Waals surface area contributed by atoms with Gasteiger partial charge < -0.3 is 9.84 Å². The monoisotopic (exact) mass is 174 g/mol. The third kappa shape index (κ3) is 3.55. The Morgan fingerprint density at radius 3 is 2.17 bits per heavy atom. The molecule has 0 aromatic carbocycles. The lowest BCUT2D eigenvalue weighted by Crippen LogP contribution is -2.30. The van der Waals surface area contributed by atoms with E-state index in [-0.39, 0.29) is 18.6 Å². The summed E-state index contributed by atoms with van der Waals surface area (Å²) in [5.74, 6) is 0.790. The second-order valence-electron chi connectivity index (χ2n) is 3.63. The zero-order valence-corrected chi connectivity index (χ0v) is 8.71.